The number of benzene rings is 1. The fourth-order valence-electron chi connectivity index (χ4n) is 2.67. The molecule has 0 aliphatic carbocycles. The van der Waals surface area contributed by atoms with Gasteiger partial charge < -0.3 is 4.90 Å². The van der Waals surface area contributed by atoms with Gasteiger partial charge in [-0.2, -0.15) is 0 Å². The zero-order valence-corrected chi connectivity index (χ0v) is 15.8. The second-order valence-electron chi connectivity index (χ2n) is 6.34. The Bertz CT molecular complexity index is 821. The Morgan fingerprint density at radius 1 is 0.846 bits per heavy atom. The standard InChI is InChI=1S/C20H22ClN5/c1-25(2)20-23-11-16(12-24-20)13-26(15-18-8-5-6-10-22-18)14-17-7-3-4-9-19(17)21/h3-12H,13-15H2,1-2H3. The summed E-state index contributed by atoms with van der Waals surface area (Å²) >= 11 is 6.36. The maximum Gasteiger partial charge on any atom is 0.224 e. The van der Waals surface area contributed by atoms with E-state index in [-0.39, 0.29) is 0 Å². The molecule has 0 N–H and O–H groups in total. The molecule has 0 atom stereocenters. The average Bonchev–Trinajstić information content (AvgIpc) is 2.65. The molecule has 2 aromatic heterocycles. The van der Waals surface area contributed by atoms with Crippen molar-refractivity contribution in [2.24, 2.45) is 0 Å². The smallest absolute Gasteiger partial charge is 0.224 e. The molecule has 0 fully saturated rings. The van der Waals surface area contributed by atoms with Crippen molar-refractivity contribution in [3.05, 3.63) is 82.9 Å². The molecule has 3 rings (SSSR count). The highest BCUT2D eigenvalue weighted by molar-refractivity contribution is 6.31. The van der Waals surface area contributed by atoms with Crippen molar-refractivity contribution in [1.29, 1.82) is 0 Å². The minimum absolute atomic E-state index is 0.705. The van der Waals surface area contributed by atoms with E-state index in [1.807, 2.05) is 74.0 Å². The molecule has 6 heteroatoms. The summed E-state index contributed by atoms with van der Waals surface area (Å²) in [7, 11) is 3.86. The number of anilines is 1. The summed E-state index contributed by atoms with van der Waals surface area (Å²) in [5, 5.41) is 0.776. The molecule has 0 unspecified atom stereocenters. The third kappa shape index (κ3) is 5.00. The van der Waals surface area contributed by atoms with Crippen molar-refractivity contribution in [3.8, 4) is 0 Å². The topological polar surface area (TPSA) is 45.2 Å². The van der Waals surface area contributed by atoms with Gasteiger partial charge in [0.25, 0.3) is 0 Å². The van der Waals surface area contributed by atoms with Crippen molar-refractivity contribution in [2.75, 3.05) is 19.0 Å². The zero-order chi connectivity index (χ0) is 18.4. The van der Waals surface area contributed by atoms with Crippen LogP contribution in [0.2, 0.25) is 5.02 Å². The highest BCUT2D eigenvalue weighted by Gasteiger charge is 2.12. The van der Waals surface area contributed by atoms with Crippen LogP contribution in [0, 0.1) is 0 Å². The van der Waals surface area contributed by atoms with Crippen LogP contribution < -0.4 is 4.90 Å². The summed E-state index contributed by atoms with van der Waals surface area (Å²) in [6.07, 6.45) is 5.57. The van der Waals surface area contributed by atoms with Gasteiger partial charge in [-0.3, -0.25) is 9.88 Å². The molecule has 0 bridgehead atoms. The molecular weight excluding hydrogens is 346 g/mol. The first-order valence-electron chi connectivity index (χ1n) is 8.46. The number of pyridine rings is 1. The lowest BCUT2D eigenvalue weighted by atomic mass is 10.2. The zero-order valence-electron chi connectivity index (χ0n) is 15.0. The third-order valence-corrected chi connectivity index (χ3v) is 4.33. The molecule has 1 aromatic carbocycles. The molecule has 26 heavy (non-hydrogen) atoms. The lowest BCUT2D eigenvalue weighted by Crippen LogP contribution is -2.23. The summed E-state index contributed by atoms with van der Waals surface area (Å²) in [4.78, 5) is 17.4. The van der Waals surface area contributed by atoms with Gasteiger partial charge in [0.2, 0.25) is 5.95 Å². The molecule has 3 aromatic rings. The summed E-state index contributed by atoms with van der Waals surface area (Å²) in [5.74, 6) is 0.705. The fourth-order valence-corrected chi connectivity index (χ4v) is 2.87. The Kier molecular flexibility index (Phi) is 6.15. The number of aromatic nitrogens is 3. The molecule has 134 valence electrons. The van der Waals surface area contributed by atoms with Crippen LogP contribution in [0.15, 0.2) is 61.1 Å². The van der Waals surface area contributed by atoms with Gasteiger partial charge >= 0.3 is 0 Å². The normalized spacial score (nSPS) is 10.9. The molecule has 2 heterocycles. The Morgan fingerprint density at radius 2 is 1.58 bits per heavy atom. The summed E-state index contributed by atoms with van der Waals surface area (Å²) in [6, 6.07) is 13.9. The first kappa shape index (κ1) is 18.3. The van der Waals surface area contributed by atoms with Gasteiger partial charge in [0.05, 0.1) is 5.69 Å². The SMILES string of the molecule is CN(C)c1ncc(CN(Cc2ccccn2)Cc2ccccc2Cl)cn1. The molecule has 0 amide bonds. The summed E-state index contributed by atoms with van der Waals surface area (Å²) in [5.41, 5.74) is 3.17. The number of nitrogens with zero attached hydrogens (tertiary/aromatic N) is 5. The lowest BCUT2D eigenvalue weighted by molar-refractivity contribution is 0.244. The Balaban J connectivity index is 1.79. The van der Waals surface area contributed by atoms with Gasteiger partial charge in [0.15, 0.2) is 0 Å². The van der Waals surface area contributed by atoms with E-state index in [9.17, 15) is 0 Å². The van der Waals surface area contributed by atoms with Crippen LogP contribution in [-0.2, 0) is 19.6 Å². The second-order valence-corrected chi connectivity index (χ2v) is 6.75. The van der Waals surface area contributed by atoms with Crippen LogP contribution in [0.25, 0.3) is 0 Å². The van der Waals surface area contributed by atoms with E-state index in [0.717, 1.165) is 41.5 Å². The van der Waals surface area contributed by atoms with Gasteiger partial charge in [-0.15, -0.1) is 0 Å². The first-order valence-corrected chi connectivity index (χ1v) is 8.83. The van der Waals surface area contributed by atoms with Gasteiger partial charge in [-0.25, -0.2) is 9.97 Å². The number of hydrogen-bond acceptors (Lipinski definition) is 5. The molecular formula is C20H22ClN5. The summed E-state index contributed by atoms with van der Waals surface area (Å²) in [6.45, 7) is 2.17. The van der Waals surface area contributed by atoms with Crippen molar-refractivity contribution in [2.45, 2.75) is 19.6 Å². The van der Waals surface area contributed by atoms with E-state index in [1.54, 1.807) is 0 Å². The van der Waals surface area contributed by atoms with Crippen molar-refractivity contribution >= 4 is 17.5 Å². The minimum atomic E-state index is 0.705. The number of rotatable bonds is 7. The predicted octanol–water partition coefficient (Wildman–Crippen LogP) is 3.79. The van der Waals surface area contributed by atoms with E-state index in [0.29, 0.717) is 5.95 Å². The molecule has 0 aliphatic heterocycles. The largest absolute Gasteiger partial charge is 0.347 e. The van der Waals surface area contributed by atoms with Crippen LogP contribution in [0.5, 0.6) is 0 Å². The molecule has 5 nitrogen and oxygen atoms in total. The fraction of sp³-hybridized carbons (Fsp3) is 0.250. The van der Waals surface area contributed by atoms with Crippen LogP contribution in [0.4, 0.5) is 5.95 Å². The molecule has 0 saturated heterocycles. The van der Waals surface area contributed by atoms with E-state index in [2.05, 4.69) is 25.9 Å². The monoisotopic (exact) mass is 367 g/mol. The predicted molar refractivity (Wildman–Crippen MR) is 105 cm³/mol. The third-order valence-electron chi connectivity index (χ3n) is 3.96. The van der Waals surface area contributed by atoms with Gasteiger partial charge in [-0.1, -0.05) is 35.9 Å². The van der Waals surface area contributed by atoms with E-state index in [4.69, 9.17) is 11.6 Å². The van der Waals surface area contributed by atoms with Crippen molar-refractivity contribution in [1.82, 2.24) is 19.9 Å². The van der Waals surface area contributed by atoms with Crippen LogP contribution in [0.1, 0.15) is 16.8 Å². The van der Waals surface area contributed by atoms with E-state index < -0.39 is 0 Å². The molecule has 0 saturated carbocycles. The average molecular weight is 368 g/mol. The van der Waals surface area contributed by atoms with Crippen molar-refractivity contribution < 1.29 is 0 Å². The lowest BCUT2D eigenvalue weighted by Gasteiger charge is -2.23. The van der Waals surface area contributed by atoms with Gasteiger partial charge in [0.1, 0.15) is 0 Å². The van der Waals surface area contributed by atoms with E-state index >= 15 is 0 Å². The van der Waals surface area contributed by atoms with Gasteiger partial charge in [0, 0.05) is 62.9 Å². The first-order chi connectivity index (χ1) is 12.6. The highest BCUT2D eigenvalue weighted by Crippen LogP contribution is 2.19. The number of halogens is 1. The van der Waals surface area contributed by atoms with Gasteiger partial charge in [-0.05, 0) is 23.8 Å². The van der Waals surface area contributed by atoms with Crippen LogP contribution in [0.3, 0.4) is 0 Å². The quantitative estimate of drug-likeness (QED) is 0.635. The molecule has 0 spiro atoms. The van der Waals surface area contributed by atoms with E-state index in [1.165, 1.54) is 0 Å². The minimum Gasteiger partial charge on any atom is -0.347 e. The van der Waals surface area contributed by atoms with Crippen LogP contribution in [-0.4, -0.2) is 33.9 Å². The highest BCUT2D eigenvalue weighted by atomic mass is 35.5. The maximum absolute atomic E-state index is 6.36. The Hall–Kier alpha value is -2.50. The second kappa shape index (κ2) is 8.74. The Morgan fingerprint density at radius 3 is 2.23 bits per heavy atom. The van der Waals surface area contributed by atoms with Crippen molar-refractivity contribution in [3.63, 3.8) is 0 Å². The summed E-state index contributed by atoms with van der Waals surface area (Å²) < 4.78 is 0. The van der Waals surface area contributed by atoms with Crippen LogP contribution >= 0.6 is 11.6 Å². The molecule has 0 radical (unpaired) electrons. The molecule has 0 aliphatic rings. The number of hydrogen-bond donors (Lipinski definition) is 0. The maximum atomic E-state index is 6.36. The Labute approximate surface area is 159 Å².